The maximum Gasteiger partial charge on any atom is 0.130 e. The Labute approximate surface area is 122 Å². The van der Waals surface area contributed by atoms with Crippen molar-refractivity contribution >= 4 is 17.3 Å². The van der Waals surface area contributed by atoms with Crippen molar-refractivity contribution in [2.45, 2.75) is 6.04 Å². The summed E-state index contributed by atoms with van der Waals surface area (Å²) in [7, 11) is 1.57. The molecule has 0 amide bonds. The molecular formula is C15H15ClFNO2. The van der Waals surface area contributed by atoms with Crippen LogP contribution in [0.25, 0.3) is 0 Å². The first-order valence-electron chi connectivity index (χ1n) is 6.10. The Morgan fingerprint density at radius 2 is 2.10 bits per heavy atom. The number of anilines is 1. The van der Waals surface area contributed by atoms with Gasteiger partial charge in [-0.05, 0) is 24.3 Å². The molecule has 0 aromatic heterocycles. The van der Waals surface area contributed by atoms with Crippen molar-refractivity contribution in [1.29, 1.82) is 0 Å². The van der Waals surface area contributed by atoms with Gasteiger partial charge in [0.2, 0.25) is 0 Å². The smallest absolute Gasteiger partial charge is 0.130 e. The van der Waals surface area contributed by atoms with Crippen LogP contribution in [-0.4, -0.2) is 18.8 Å². The number of rotatable bonds is 5. The molecule has 0 saturated carbocycles. The number of benzene rings is 2. The normalized spacial score (nSPS) is 12.0. The molecule has 2 rings (SSSR count). The third-order valence-electron chi connectivity index (χ3n) is 2.93. The fourth-order valence-corrected chi connectivity index (χ4v) is 2.08. The van der Waals surface area contributed by atoms with Crippen LogP contribution in [0, 0.1) is 5.82 Å². The van der Waals surface area contributed by atoms with Gasteiger partial charge in [0.05, 0.1) is 19.8 Å². The van der Waals surface area contributed by atoms with E-state index in [0.717, 1.165) is 5.69 Å². The molecule has 5 heteroatoms. The topological polar surface area (TPSA) is 41.5 Å². The Bertz CT molecular complexity index is 592. The van der Waals surface area contributed by atoms with E-state index in [0.29, 0.717) is 16.3 Å². The van der Waals surface area contributed by atoms with Crippen LogP contribution in [0.2, 0.25) is 5.02 Å². The third kappa shape index (κ3) is 3.40. The lowest BCUT2D eigenvalue weighted by molar-refractivity contribution is 0.274. The highest BCUT2D eigenvalue weighted by Crippen LogP contribution is 2.25. The molecule has 0 fully saturated rings. The SMILES string of the molecule is COc1cccc(NC(CO)c2ccc(Cl)cc2F)c1. The van der Waals surface area contributed by atoms with Crippen LogP contribution in [-0.2, 0) is 0 Å². The highest BCUT2D eigenvalue weighted by atomic mass is 35.5. The molecule has 0 radical (unpaired) electrons. The van der Waals surface area contributed by atoms with Crippen LogP contribution in [0.1, 0.15) is 11.6 Å². The van der Waals surface area contributed by atoms with E-state index in [1.165, 1.54) is 6.07 Å². The Morgan fingerprint density at radius 1 is 1.30 bits per heavy atom. The van der Waals surface area contributed by atoms with Gasteiger partial charge in [0, 0.05) is 22.3 Å². The summed E-state index contributed by atoms with van der Waals surface area (Å²) in [6.07, 6.45) is 0. The van der Waals surface area contributed by atoms with Crippen LogP contribution in [0.15, 0.2) is 42.5 Å². The van der Waals surface area contributed by atoms with Crippen LogP contribution < -0.4 is 10.1 Å². The zero-order valence-electron chi connectivity index (χ0n) is 10.9. The average Bonchev–Trinajstić information content (AvgIpc) is 2.45. The van der Waals surface area contributed by atoms with E-state index in [4.69, 9.17) is 16.3 Å². The quantitative estimate of drug-likeness (QED) is 0.885. The summed E-state index contributed by atoms with van der Waals surface area (Å²) in [6.45, 7) is -0.240. The molecule has 2 aromatic rings. The number of aliphatic hydroxyl groups excluding tert-OH is 1. The van der Waals surface area contributed by atoms with Crippen molar-refractivity contribution < 1.29 is 14.2 Å². The monoisotopic (exact) mass is 295 g/mol. The number of methoxy groups -OCH3 is 1. The lowest BCUT2D eigenvalue weighted by Crippen LogP contribution is -2.16. The van der Waals surface area contributed by atoms with E-state index in [-0.39, 0.29) is 6.61 Å². The Morgan fingerprint density at radius 3 is 2.75 bits per heavy atom. The van der Waals surface area contributed by atoms with Crippen molar-refractivity contribution in [2.24, 2.45) is 0 Å². The van der Waals surface area contributed by atoms with Gasteiger partial charge < -0.3 is 15.2 Å². The number of halogens is 2. The number of aliphatic hydroxyl groups is 1. The van der Waals surface area contributed by atoms with E-state index in [9.17, 15) is 9.50 Å². The fraction of sp³-hybridized carbons (Fsp3) is 0.200. The first kappa shape index (κ1) is 14.6. The number of hydrogen-bond donors (Lipinski definition) is 2. The van der Waals surface area contributed by atoms with Gasteiger partial charge in [0.25, 0.3) is 0 Å². The standard InChI is InChI=1S/C15H15ClFNO2/c1-20-12-4-2-3-11(8-12)18-15(9-19)13-6-5-10(16)7-14(13)17/h2-8,15,18-19H,9H2,1H3. The van der Waals surface area contributed by atoms with Gasteiger partial charge >= 0.3 is 0 Å². The molecule has 0 bridgehead atoms. The molecule has 0 heterocycles. The van der Waals surface area contributed by atoms with E-state index in [1.54, 1.807) is 25.3 Å². The van der Waals surface area contributed by atoms with Crippen LogP contribution in [0.5, 0.6) is 5.75 Å². The van der Waals surface area contributed by atoms with Gasteiger partial charge in [-0.3, -0.25) is 0 Å². The summed E-state index contributed by atoms with van der Waals surface area (Å²) < 4.78 is 19.0. The number of hydrogen-bond acceptors (Lipinski definition) is 3. The minimum atomic E-state index is -0.556. The summed E-state index contributed by atoms with van der Waals surface area (Å²) in [4.78, 5) is 0. The van der Waals surface area contributed by atoms with E-state index < -0.39 is 11.9 Å². The number of ether oxygens (including phenoxy) is 1. The Hall–Kier alpha value is -1.78. The number of nitrogens with one attached hydrogen (secondary N) is 1. The second kappa shape index (κ2) is 6.59. The minimum Gasteiger partial charge on any atom is -0.497 e. The zero-order chi connectivity index (χ0) is 14.5. The molecule has 0 aliphatic heterocycles. The van der Waals surface area contributed by atoms with Crippen molar-refractivity contribution in [1.82, 2.24) is 0 Å². The predicted octanol–water partition coefficient (Wildman–Crippen LogP) is 3.63. The first-order valence-corrected chi connectivity index (χ1v) is 6.48. The Kier molecular flexibility index (Phi) is 4.82. The molecule has 0 aliphatic rings. The molecule has 0 saturated heterocycles. The van der Waals surface area contributed by atoms with Crippen LogP contribution in [0.4, 0.5) is 10.1 Å². The first-order chi connectivity index (χ1) is 9.63. The zero-order valence-corrected chi connectivity index (χ0v) is 11.7. The average molecular weight is 296 g/mol. The fourth-order valence-electron chi connectivity index (χ4n) is 1.92. The second-order valence-corrected chi connectivity index (χ2v) is 4.71. The Balaban J connectivity index is 2.23. The molecule has 1 unspecified atom stereocenters. The maximum atomic E-state index is 13.9. The van der Waals surface area contributed by atoms with Crippen molar-refractivity contribution in [2.75, 3.05) is 19.0 Å². The third-order valence-corrected chi connectivity index (χ3v) is 3.17. The van der Waals surface area contributed by atoms with E-state index in [1.807, 2.05) is 18.2 Å². The molecular weight excluding hydrogens is 281 g/mol. The summed E-state index contributed by atoms with van der Waals surface area (Å²) in [5.41, 5.74) is 1.09. The van der Waals surface area contributed by atoms with Crippen molar-refractivity contribution in [3.63, 3.8) is 0 Å². The molecule has 20 heavy (non-hydrogen) atoms. The highest BCUT2D eigenvalue weighted by Gasteiger charge is 2.15. The lowest BCUT2D eigenvalue weighted by atomic mass is 10.1. The summed E-state index contributed by atoms with van der Waals surface area (Å²) in [5.74, 6) is 0.232. The molecule has 2 aromatic carbocycles. The second-order valence-electron chi connectivity index (χ2n) is 4.28. The summed E-state index contributed by atoms with van der Waals surface area (Å²) >= 11 is 5.73. The molecule has 1 atom stereocenters. The molecule has 0 aliphatic carbocycles. The van der Waals surface area contributed by atoms with Crippen molar-refractivity contribution in [3.8, 4) is 5.75 Å². The van der Waals surface area contributed by atoms with E-state index in [2.05, 4.69) is 5.32 Å². The van der Waals surface area contributed by atoms with Crippen LogP contribution in [0.3, 0.4) is 0 Å². The van der Waals surface area contributed by atoms with Gasteiger partial charge in [-0.15, -0.1) is 0 Å². The van der Waals surface area contributed by atoms with Crippen LogP contribution >= 0.6 is 11.6 Å². The van der Waals surface area contributed by atoms with Gasteiger partial charge in [0.15, 0.2) is 0 Å². The van der Waals surface area contributed by atoms with Gasteiger partial charge in [-0.1, -0.05) is 23.7 Å². The molecule has 2 N–H and O–H groups in total. The van der Waals surface area contributed by atoms with E-state index >= 15 is 0 Å². The predicted molar refractivity (Wildman–Crippen MR) is 77.9 cm³/mol. The minimum absolute atomic E-state index is 0.240. The lowest BCUT2D eigenvalue weighted by Gasteiger charge is -2.19. The maximum absolute atomic E-state index is 13.9. The largest absolute Gasteiger partial charge is 0.497 e. The van der Waals surface area contributed by atoms with Gasteiger partial charge in [0.1, 0.15) is 11.6 Å². The summed E-state index contributed by atoms with van der Waals surface area (Å²) in [6, 6.07) is 11.0. The molecule has 3 nitrogen and oxygen atoms in total. The van der Waals surface area contributed by atoms with Crippen molar-refractivity contribution in [3.05, 3.63) is 58.9 Å². The molecule has 0 spiro atoms. The van der Waals surface area contributed by atoms with Gasteiger partial charge in [-0.2, -0.15) is 0 Å². The summed E-state index contributed by atoms with van der Waals surface area (Å²) in [5, 5.41) is 12.9. The molecule has 106 valence electrons. The van der Waals surface area contributed by atoms with Gasteiger partial charge in [-0.25, -0.2) is 4.39 Å². The highest BCUT2D eigenvalue weighted by molar-refractivity contribution is 6.30.